The summed E-state index contributed by atoms with van der Waals surface area (Å²) in [6, 6.07) is 8.57. The average Bonchev–Trinajstić information content (AvgIpc) is 2.41. The number of benzene rings is 1. The number of aromatic nitrogens is 2. The predicted molar refractivity (Wildman–Crippen MR) is 75.6 cm³/mol. The van der Waals surface area contributed by atoms with E-state index in [1.54, 1.807) is 12.4 Å². The molecule has 0 bridgehead atoms. The first-order valence-electron chi connectivity index (χ1n) is 6.48. The van der Waals surface area contributed by atoms with Crippen molar-refractivity contribution in [2.24, 2.45) is 0 Å². The third-order valence-electron chi connectivity index (χ3n) is 2.78. The van der Waals surface area contributed by atoms with Gasteiger partial charge in [0.15, 0.2) is 0 Å². The Bertz CT molecular complexity index is 491. The zero-order valence-electron chi connectivity index (χ0n) is 11.0. The van der Waals surface area contributed by atoms with Crippen LogP contribution in [0.4, 0.5) is 5.82 Å². The maximum absolute atomic E-state index is 4.53. The van der Waals surface area contributed by atoms with Gasteiger partial charge in [-0.25, -0.2) is 4.98 Å². The normalized spacial score (nSPS) is 10.3. The third kappa shape index (κ3) is 3.06. The first-order valence-corrected chi connectivity index (χ1v) is 6.48. The van der Waals surface area contributed by atoms with E-state index in [4.69, 9.17) is 0 Å². The fraction of sp³-hybridized carbons (Fsp3) is 0.333. The maximum Gasteiger partial charge on any atom is 0.145 e. The SMILES string of the molecule is CCCc1ccc(-c2cncc(NCC)n2)cc1. The van der Waals surface area contributed by atoms with Crippen LogP contribution >= 0.6 is 0 Å². The van der Waals surface area contributed by atoms with Gasteiger partial charge in [-0.3, -0.25) is 4.98 Å². The molecule has 0 atom stereocenters. The van der Waals surface area contributed by atoms with Gasteiger partial charge in [0, 0.05) is 12.1 Å². The second-order valence-corrected chi connectivity index (χ2v) is 4.27. The van der Waals surface area contributed by atoms with E-state index >= 15 is 0 Å². The van der Waals surface area contributed by atoms with Gasteiger partial charge in [0.1, 0.15) is 5.82 Å². The molecule has 94 valence electrons. The van der Waals surface area contributed by atoms with Crippen molar-refractivity contribution in [1.82, 2.24) is 9.97 Å². The molecule has 3 nitrogen and oxygen atoms in total. The minimum absolute atomic E-state index is 0.827. The van der Waals surface area contributed by atoms with Crippen molar-refractivity contribution in [2.45, 2.75) is 26.7 Å². The molecule has 2 aromatic rings. The van der Waals surface area contributed by atoms with Crippen molar-refractivity contribution in [3.05, 3.63) is 42.2 Å². The number of anilines is 1. The number of hydrogen-bond donors (Lipinski definition) is 1. The van der Waals surface area contributed by atoms with Gasteiger partial charge in [-0.05, 0) is 18.9 Å². The van der Waals surface area contributed by atoms with Gasteiger partial charge in [-0.1, -0.05) is 37.6 Å². The average molecular weight is 241 g/mol. The minimum atomic E-state index is 0.827. The molecule has 1 N–H and O–H groups in total. The van der Waals surface area contributed by atoms with Gasteiger partial charge in [-0.2, -0.15) is 0 Å². The molecule has 0 aliphatic carbocycles. The van der Waals surface area contributed by atoms with E-state index in [0.717, 1.165) is 30.0 Å². The number of aryl methyl sites for hydroxylation is 1. The summed E-state index contributed by atoms with van der Waals surface area (Å²) in [5.41, 5.74) is 3.40. The molecule has 3 heteroatoms. The summed E-state index contributed by atoms with van der Waals surface area (Å²) in [6.45, 7) is 5.10. The molecule has 0 amide bonds. The van der Waals surface area contributed by atoms with Crippen LogP contribution in [0.25, 0.3) is 11.3 Å². The summed E-state index contributed by atoms with van der Waals surface area (Å²) in [6.07, 6.45) is 5.85. The predicted octanol–water partition coefficient (Wildman–Crippen LogP) is 3.53. The molecule has 0 saturated heterocycles. The summed E-state index contributed by atoms with van der Waals surface area (Å²) < 4.78 is 0. The molecule has 1 aromatic carbocycles. The van der Waals surface area contributed by atoms with Gasteiger partial charge in [0.25, 0.3) is 0 Å². The van der Waals surface area contributed by atoms with Crippen LogP contribution in [-0.4, -0.2) is 16.5 Å². The molecular formula is C15H19N3. The summed E-state index contributed by atoms with van der Waals surface area (Å²) in [5, 5.41) is 3.18. The van der Waals surface area contributed by atoms with Crippen molar-refractivity contribution in [3.8, 4) is 11.3 Å². The lowest BCUT2D eigenvalue weighted by atomic mass is 10.1. The maximum atomic E-state index is 4.53. The van der Waals surface area contributed by atoms with Crippen LogP contribution in [-0.2, 0) is 6.42 Å². The first kappa shape index (κ1) is 12.6. The standard InChI is InChI=1S/C15H19N3/c1-3-5-12-6-8-13(9-7-12)14-10-16-11-15(18-14)17-4-2/h6-11H,3-5H2,1-2H3,(H,17,18). The second kappa shape index (κ2) is 6.15. The molecule has 0 radical (unpaired) electrons. The molecule has 18 heavy (non-hydrogen) atoms. The Hall–Kier alpha value is -1.90. The fourth-order valence-corrected chi connectivity index (χ4v) is 1.90. The molecule has 0 saturated carbocycles. The largest absolute Gasteiger partial charge is 0.369 e. The molecule has 1 aromatic heterocycles. The molecule has 1 heterocycles. The monoisotopic (exact) mass is 241 g/mol. The zero-order valence-corrected chi connectivity index (χ0v) is 11.0. The van der Waals surface area contributed by atoms with Crippen LogP contribution in [0, 0.1) is 0 Å². The summed E-state index contributed by atoms with van der Waals surface area (Å²) >= 11 is 0. The lowest BCUT2D eigenvalue weighted by Gasteiger charge is -2.05. The summed E-state index contributed by atoms with van der Waals surface area (Å²) in [5.74, 6) is 0.827. The van der Waals surface area contributed by atoms with E-state index in [1.165, 1.54) is 12.0 Å². The van der Waals surface area contributed by atoms with Crippen molar-refractivity contribution in [1.29, 1.82) is 0 Å². The Labute approximate surface area is 108 Å². The summed E-state index contributed by atoms with van der Waals surface area (Å²) in [4.78, 5) is 8.75. The van der Waals surface area contributed by atoms with Gasteiger partial charge in [0.05, 0.1) is 18.1 Å². The molecule has 0 aliphatic rings. The van der Waals surface area contributed by atoms with E-state index in [-0.39, 0.29) is 0 Å². The van der Waals surface area contributed by atoms with Gasteiger partial charge >= 0.3 is 0 Å². The first-order chi connectivity index (χ1) is 8.83. The van der Waals surface area contributed by atoms with E-state index < -0.39 is 0 Å². The fourth-order valence-electron chi connectivity index (χ4n) is 1.90. The Morgan fingerprint density at radius 1 is 1.06 bits per heavy atom. The van der Waals surface area contributed by atoms with Crippen molar-refractivity contribution in [3.63, 3.8) is 0 Å². The van der Waals surface area contributed by atoms with Crippen LogP contribution in [0.5, 0.6) is 0 Å². The topological polar surface area (TPSA) is 37.8 Å². The Balaban J connectivity index is 2.22. The number of hydrogen-bond acceptors (Lipinski definition) is 3. The molecule has 0 aliphatic heterocycles. The highest BCUT2D eigenvalue weighted by Crippen LogP contribution is 2.18. The van der Waals surface area contributed by atoms with Crippen LogP contribution in [0.2, 0.25) is 0 Å². The minimum Gasteiger partial charge on any atom is -0.369 e. The molecule has 2 rings (SSSR count). The molecule has 0 unspecified atom stereocenters. The van der Waals surface area contributed by atoms with Gasteiger partial charge in [0.2, 0.25) is 0 Å². The number of rotatable bonds is 5. The molecule has 0 fully saturated rings. The van der Waals surface area contributed by atoms with Crippen molar-refractivity contribution >= 4 is 5.82 Å². The van der Waals surface area contributed by atoms with Crippen LogP contribution in [0.1, 0.15) is 25.8 Å². The lowest BCUT2D eigenvalue weighted by Crippen LogP contribution is -2.00. The quantitative estimate of drug-likeness (QED) is 0.870. The lowest BCUT2D eigenvalue weighted by molar-refractivity contribution is 0.922. The highest BCUT2D eigenvalue weighted by molar-refractivity contribution is 5.60. The Morgan fingerprint density at radius 2 is 1.83 bits per heavy atom. The van der Waals surface area contributed by atoms with Gasteiger partial charge in [-0.15, -0.1) is 0 Å². The van der Waals surface area contributed by atoms with Crippen LogP contribution in [0.15, 0.2) is 36.7 Å². The smallest absolute Gasteiger partial charge is 0.145 e. The van der Waals surface area contributed by atoms with Crippen molar-refractivity contribution in [2.75, 3.05) is 11.9 Å². The van der Waals surface area contributed by atoms with E-state index in [1.807, 2.05) is 6.92 Å². The van der Waals surface area contributed by atoms with Crippen LogP contribution < -0.4 is 5.32 Å². The highest BCUT2D eigenvalue weighted by Gasteiger charge is 2.01. The van der Waals surface area contributed by atoms with Crippen LogP contribution in [0.3, 0.4) is 0 Å². The molecular weight excluding hydrogens is 222 g/mol. The van der Waals surface area contributed by atoms with E-state index in [9.17, 15) is 0 Å². The second-order valence-electron chi connectivity index (χ2n) is 4.27. The third-order valence-corrected chi connectivity index (χ3v) is 2.78. The Morgan fingerprint density at radius 3 is 2.50 bits per heavy atom. The molecule has 0 spiro atoms. The summed E-state index contributed by atoms with van der Waals surface area (Å²) in [7, 11) is 0. The number of nitrogens with zero attached hydrogens (tertiary/aromatic N) is 2. The van der Waals surface area contributed by atoms with Crippen molar-refractivity contribution < 1.29 is 0 Å². The number of nitrogens with one attached hydrogen (secondary N) is 1. The van der Waals surface area contributed by atoms with Gasteiger partial charge < -0.3 is 5.32 Å². The van der Waals surface area contributed by atoms with E-state index in [2.05, 4.69) is 46.5 Å². The zero-order chi connectivity index (χ0) is 12.8. The highest BCUT2D eigenvalue weighted by atomic mass is 15.0. The van der Waals surface area contributed by atoms with E-state index in [0.29, 0.717) is 0 Å². The Kier molecular flexibility index (Phi) is 4.29.